The van der Waals surface area contributed by atoms with Gasteiger partial charge < -0.3 is 15.8 Å². The molecule has 88 valence electrons. The highest BCUT2D eigenvalue weighted by Crippen LogP contribution is 2.17. The summed E-state index contributed by atoms with van der Waals surface area (Å²) in [5.74, 6) is 0.355. The number of hydrogen-bond donors (Lipinski definition) is 4. The smallest absolute Gasteiger partial charge is 0.320 e. The van der Waals surface area contributed by atoms with Crippen molar-refractivity contribution in [3.05, 3.63) is 5.69 Å². The van der Waals surface area contributed by atoms with Crippen molar-refractivity contribution >= 4 is 17.5 Å². The number of nitrogens with one attached hydrogen (secondary N) is 3. The number of nitrogens with zero attached hydrogens (tertiary/aromatic N) is 1. The lowest BCUT2D eigenvalue weighted by Gasteiger charge is -2.10. The molecule has 0 spiro atoms. The Labute approximate surface area is 92.7 Å². The molecule has 2 rings (SSSR count). The maximum Gasteiger partial charge on any atom is 0.320 e. The maximum absolute atomic E-state index is 11.5. The van der Waals surface area contributed by atoms with Crippen molar-refractivity contribution in [3.63, 3.8) is 0 Å². The van der Waals surface area contributed by atoms with Gasteiger partial charge in [-0.15, -0.1) is 0 Å². The predicted molar refractivity (Wildman–Crippen MR) is 59.1 cm³/mol. The Morgan fingerprint density at radius 1 is 1.69 bits per heavy atom. The van der Waals surface area contributed by atoms with Gasteiger partial charge in [-0.25, -0.2) is 4.79 Å². The third kappa shape index (κ3) is 2.25. The monoisotopic (exact) mass is 225 g/mol. The number of H-pyrrole nitrogens is 1. The van der Waals surface area contributed by atoms with Crippen LogP contribution in [0.5, 0.6) is 0 Å². The highest BCUT2D eigenvalue weighted by atomic mass is 16.5. The van der Waals surface area contributed by atoms with E-state index >= 15 is 0 Å². The molecule has 1 aromatic heterocycles. The summed E-state index contributed by atoms with van der Waals surface area (Å²) in [4.78, 5) is 11.5. The average molecular weight is 225 g/mol. The molecule has 5 N–H and O–H groups in total. The Hall–Kier alpha value is -1.76. The number of aryl methyl sites for hydroxylation is 1. The van der Waals surface area contributed by atoms with Gasteiger partial charge in [0.05, 0.1) is 24.0 Å². The first-order valence-electron chi connectivity index (χ1n) is 5.12. The van der Waals surface area contributed by atoms with Crippen molar-refractivity contribution in [2.75, 3.05) is 24.3 Å². The molecule has 2 amide bonds. The van der Waals surface area contributed by atoms with Gasteiger partial charge in [0.1, 0.15) is 0 Å². The lowest BCUT2D eigenvalue weighted by Crippen LogP contribution is -2.38. The van der Waals surface area contributed by atoms with Crippen molar-refractivity contribution in [2.24, 2.45) is 0 Å². The average Bonchev–Trinajstić information content (AvgIpc) is 2.83. The molecule has 2 heterocycles. The minimum Gasteiger partial charge on any atom is -0.394 e. The standard InChI is InChI=1S/C9H15N5O2/c1-5-7(10)8(14-13-5)12-9(15)11-6-2-3-16-4-6/h6H,2-4,10H2,1H3,(H3,11,12,13,14,15). The number of carbonyl (C=O) groups excluding carboxylic acids is 1. The molecule has 1 unspecified atom stereocenters. The number of urea groups is 1. The normalized spacial score (nSPS) is 19.7. The quantitative estimate of drug-likeness (QED) is 0.577. The van der Waals surface area contributed by atoms with E-state index in [1.54, 1.807) is 6.92 Å². The van der Waals surface area contributed by atoms with Crippen LogP contribution in [-0.4, -0.2) is 35.5 Å². The predicted octanol–water partition coefficient (Wildman–Crippen LogP) is 0.211. The summed E-state index contributed by atoms with van der Waals surface area (Å²) >= 11 is 0. The van der Waals surface area contributed by atoms with Gasteiger partial charge in [-0.3, -0.25) is 10.4 Å². The molecule has 1 saturated heterocycles. The second-order valence-corrected chi connectivity index (χ2v) is 3.77. The van der Waals surface area contributed by atoms with Gasteiger partial charge in [-0.1, -0.05) is 0 Å². The molecule has 1 aliphatic rings. The molecule has 16 heavy (non-hydrogen) atoms. The number of hydrogen-bond acceptors (Lipinski definition) is 4. The minimum atomic E-state index is -0.311. The van der Waals surface area contributed by atoms with E-state index < -0.39 is 0 Å². The van der Waals surface area contributed by atoms with E-state index in [0.717, 1.165) is 12.1 Å². The van der Waals surface area contributed by atoms with Crippen molar-refractivity contribution in [1.29, 1.82) is 0 Å². The molecule has 0 aliphatic carbocycles. The van der Waals surface area contributed by atoms with Gasteiger partial charge in [0.15, 0.2) is 5.82 Å². The van der Waals surface area contributed by atoms with Crippen LogP contribution in [0.25, 0.3) is 0 Å². The highest BCUT2D eigenvalue weighted by molar-refractivity contribution is 5.91. The number of nitrogen functional groups attached to an aromatic ring is 1. The van der Waals surface area contributed by atoms with E-state index in [9.17, 15) is 4.79 Å². The van der Waals surface area contributed by atoms with Crippen LogP contribution in [0, 0.1) is 6.92 Å². The topological polar surface area (TPSA) is 105 Å². The minimum absolute atomic E-state index is 0.0706. The van der Waals surface area contributed by atoms with E-state index in [-0.39, 0.29) is 12.1 Å². The van der Waals surface area contributed by atoms with Crippen LogP contribution in [0.15, 0.2) is 0 Å². The van der Waals surface area contributed by atoms with Crippen LogP contribution in [0.4, 0.5) is 16.3 Å². The summed E-state index contributed by atoms with van der Waals surface area (Å²) in [5.41, 5.74) is 6.89. The van der Waals surface area contributed by atoms with E-state index in [1.165, 1.54) is 0 Å². The number of rotatable bonds is 2. The summed E-state index contributed by atoms with van der Waals surface area (Å²) in [6, 6.07) is -0.241. The molecule has 7 heteroatoms. The highest BCUT2D eigenvalue weighted by Gasteiger charge is 2.18. The lowest BCUT2D eigenvalue weighted by atomic mass is 10.3. The Bertz CT molecular complexity index is 383. The van der Waals surface area contributed by atoms with Crippen LogP contribution in [0.2, 0.25) is 0 Å². The van der Waals surface area contributed by atoms with Crippen LogP contribution >= 0.6 is 0 Å². The van der Waals surface area contributed by atoms with Crippen molar-refractivity contribution in [1.82, 2.24) is 15.5 Å². The van der Waals surface area contributed by atoms with E-state index in [0.29, 0.717) is 24.7 Å². The molecule has 0 aromatic carbocycles. The van der Waals surface area contributed by atoms with Gasteiger partial charge in [0.25, 0.3) is 0 Å². The summed E-state index contributed by atoms with van der Waals surface area (Å²) in [6.45, 7) is 3.04. The second-order valence-electron chi connectivity index (χ2n) is 3.77. The summed E-state index contributed by atoms with van der Waals surface area (Å²) < 4.78 is 5.15. The van der Waals surface area contributed by atoms with Gasteiger partial charge >= 0.3 is 6.03 Å². The van der Waals surface area contributed by atoms with Crippen molar-refractivity contribution in [2.45, 2.75) is 19.4 Å². The second kappa shape index (κ2) is 4.40. The fraction of sp³-hybridized carbons (Fsp3) is 0.556. The van der Waals surface area contributed by atoms with E-state index in [4.69, 9.17) is 10.5 Å². The number of aromatic nitrogens is 2. The number of nitrogens with two attached hydrogens (primary N) is 1. The Morgan fingerprint density at radius 2 is 2.50 bits per heavy atom. The zero-order chi connectivity index (χ0) is 11.5. The molecule has 1 aliphatic heterocycles. The first kappa shape index (κ1) is 10.7. The fourth-order valence-corrected chi connectivity index (χ4v) is 1.51. The molecule has 0 bridgehead atoms. The number of ether oxygens (including phenoxy) is 1. The zero-order valence-electron chi connectivity index (χ0n) is 9.04. The third-order valence-corrected chi connectivity index (χ3v) is 2.49. The van der Waals surface area contributed by atoms with Gasteiger partial charge in [-0.2, -0.15) is 5.10 Å². The van der Waals surface area contributed by atoms with Gasteiger partial charge in [-0.05, 0) is 13.3 Å². The van der Waals surface area contributed by atoms with Crippen molar-refractivity contribution < 1.29 is 9.53 Å². The first-order chi connectivity index (χ1) is 7.66. The molecule has 0 radical (unpaired) electrons. The summed E-state index contributed by atoms with van der Waals surface area (Å²) in [6.07, 6.45) is 0.836. The molecule has 1 fully saturated rings. The number of carbonyl (C=O) groups is 1. The number of amides is 2. The van der Waals surface area contributed by atoms with Gasteiger partial charge in [0, 0.05) is 6.61 Å². The Kier molecular flexibility index (Phi) is 2.95. The summed E-state index contributed by atoms with van der Waals surface area (Å²) in [7, 11) is 0. The maximum atomic E-state index is 11.5. The molecule has 1 atom stereocenters. The Morgan fingerprint density at radius 3 is 3.06 bits per heavy atom. The van der Waals surface area contributed by atoms with Crippen LogP contribution in [0.1, 0.15) is 12.1 Å². The van der Waals surface area contributed by atoms with Crippen LogP contribution in [0.3, 0.4) is 0 Å². The molecule has 0 saturated carbocycles. The van der Waals surface area contributed by atoms with E-state index in [2.05, 4.69) is 20.8 Å². The largest absolute Gasteiger partial charge is 0.394 e. The lowest BCUT2D eigenvalue weighted by molar-refractivity contribution is 0.189. The zero-order valence-corrected chi connectivity index (χ0v) is 9.04. The summed E-state index contributed by atoms with van der Waals surface area (Å²) in [5, 5.41) is 11.9. The third-order valence-electron chi connectivity index (χ3n) is 2.49. The Balaban J connectivity index is 1.89. The van der Waals surface area contributed by atoms with Gasteiger partial charge in [0.2, 0.25) is 0 Å². The first-order valence-corrected chi connectivity index (χ1v) is 5.12. The van der Waals surface area contributed by atoms with Crippen molar-refractivity contribution in [3.8, 4) is 0 Å². The number of anilines is 2. The van der Waals surface area contributed by atoms with Crippen LogP contribution in [-0.2, 0) is 4.74 Å². The molecule has 1 aromatic rings. The number of aromatic amines is 1. The fourth-order valence-electron chi connectivity index (χ4n) is 1.51. The van der Waals surface area contributed by atoms with Crippen LogP contribution < -0.4 is 16.4 Å². The SMILES string of the molecule is Cc1[nH]nc(NC(=O)NC2CCOC2)c1N. The molecular weight excluding hydrogens is 210 g/mol. The molecule has 7 nitrogen and oxygen atoms in total. The van der Waals surface area contributed by atoms with E-state index in [1.807, 2.05) is 0 Å². The molecular formula is C9H15N5O2.